The molecule has 0 unspecified atom stereocenters. The number of hydrogen-bond donors (Lipinski definition) is 1. The topological polar surface area (TPSA) is 133 Å². The standard InChI is InChI=1S/C21H19ClN4O6S/c22-14-9-12(26(30)31)5-6-15(14)24-17(27)10-32-18(28)7-8-25-11-23-20-19(21(25)29)13-3-1-2-4-16(13)33-20/h5-6,9,11H,1-4,7-8,10H2,(H,24,27). The molecule has 172 valence electrons. The number of nitrogens with one attached hydrogen (secondary N) is 1. The molecular weight excluding hydrogens is 472 g/mol. The number of anilines is 1. The second-order valence-electron chi connectivity index (χ2n) is 7.51. The van der Waals surface area contributed by atoms with Gasteiger partial charge >= 0.3 is 5.97 Å². The quantitative estimate of drug-likeness (QED) is 0.304. The van der Waals surface area contributed by atoms with Crippen LogP contribution in [0, 0.1) is 10.1 Å². The number of halogens is 1. The molecule has 33 heavy (non-hydrogen) atoms. The van der Waals surface area contributed by atoms with Crippen LogP contribution in [0.1, 0.15) is 29.7 Å². The van der Waals surface area contributed by atoms with Crippen LogP contribution in [0.3, 0.4) is 0 Å². The minimum Gasteiger partial charge on any atom is -0.456 e. The Hall–Kier alpha value is -3.31. The van der Waals surface area contributed by atoms with Gasteiger partial charge in [-0.2, -0.15) is 0 Å². The van der Waals surface area contributed by atoms with Crippen molar-refractivity contribution in [3.63, 3.8) is 0 Å². The van der Waals surface area contributed by atoms with Crippen molar-refractivity contribution in [2.24, 2.45) is 0 Å². The van der Waals surface area contributed by atoms with E-state index in [1.807, 2.05) is 0 Å². The monoisotopic (exact) mass is 490 g/mol. The number of carbonyl (C=O) groups excluding carboxylic acids is 2. The van der Waals surface area contributed by atoms with Gasteiger partial charge in [-0.3, -0.25) is 29.1 Å². The molecule has 0 spiro atoms. The fourth-order valence-corrected chi connectivity index (χ4v) is 5.12. The van der Waals surface area contributed by atoms with E-state index >= 15 is 0 Å². The van der Waals surface area contributed by atoms with Crippen molar-refractivity contribution < 1.29 is 19.2 Å². The Balaban J connectivity index is 1.32. The van der Waals surface area contributed by atoms with Gasteiger partial charge < -0.3 is 10.1 Å². The van der Waals surface area contributed by atoms with Gasteiger partial charge in [-0.1, -0.05) is 11.6 Å². The number of hydrogen-bond acceptors (Lipinski definition) is 8. The number of carbonyl (C=O) groups is 2. The molecule has 12 heteroatoms. The number of fused-ring (bicyclic) bond motifs is 3. The van der Waals surface area contributed by atoms with Crippen molar-refractivity contribution in [1.82, 2.24) is 9.55 Å². The van der Waals surface area contributed by atoms with E-state index in [2.05, 4.69) is 10.3 Å². The van der Waals surface area contributed by atoms with E-state index in [0.29, 0.717) is 5.39 Å². The second-order valence-corrected chi connectivity index (χ2v) is 9.01. The van der Waals surface area contributed by atoms with Crippen LogP contribution in [-0.2, 0) is 33.7 Å². The largest absolute Gasteiger partial charge is 0.456 e. The number of nitrogens with zero attached hydrogens (tertiary/aromatic N) is 3. The third-order valence-electron chi connectivity index (χ3n) is 5.30. The smallest absolute Gasteiger partial charge is 0.308 e. The Bertz CT molecular complexity index is 1320. The predicted molar refractivity (Wildman–Crippen MR) is 123 cm³/mol. The summed E-state index contributed by atoms with van der Waals surface area (Å²) in [7, 11) is 0. The summed E-state index contributed by atoms with van der Waals surface area (Å²) in [5.74, 6) is -1.30. The molecule has 1 aromatic carbocycles. The number of esters is 1. The number of ether oxygens (including phenoxy) is 1. The Kier molecular flexibility index (Phi) is 6.70. The van der Waals surface area contributed by atoms with Gasteiger partial charge in [0.2, 0.25) is 0 Å². The maximum atomic E-state index is 12.9. The lowest BCUT2D eigenvalue weighted by Crippen LogP contribution is -2.24. The maximum Gasteiger partial charge on any atom is 0.308 e. The van der Waals surface area contributed by atoms with Crippen LogP contribution >= 0.6 is 22.9 Å². The molecule has 0 aliphatic heterocycles. The van der Waals surface area contributed by atoms with Gasteiger partial charge in [0, 0.05) is 23.6 Å². The highest BCUT2D eigenvalue weighted by Gasteiger charge is 2.20. The summed E-state index contributed by atoms with van der Waals surface area (Å²) in [4.78, 5) is 53.5. The van der Waals surface area contributed by atoms with Crippen LogP contribution in [0.5, 0.6) is 0 Å². The lowest BCUT2D eigenvalue weighted by Gasteiger charge is -2.10. The fraction of sp³-hybridized carbons (Fsp3) is 0.333. The van der Waals surface area contributed by atoms with Crippen molar-refractivity contribution in [3.8, 4) is 0 Å². The molecule has 0 bridgehead atoms. The molecule has 0 fully saturated rings. The first-order chi connectivity index (χ1) is 15.8. The van der Waals surface area contributed by atoms with E-state index in [0.717, 1.165) is 42.1 Å². The molecule has 0 atom stereocenters. The van der Waals surface area contributed by atoms with Gasteiger partial charge in [0.1, 0.15) is 4.83 Å². The Morgan fingerprint density at radius 3 is 2.85 bits per heavy atom. The molecule has 0 radical (unpaired) electrons. The number of nitro benzene ring substituents is 1. The predicted octanol–water partition coefficient (Wildman–Crippen LogP) is 3.47. The molecule has 1 N–H and O–H groups in total. The number of benzene rings is 1. The van der Waals surface area contributed by atoms with Gasteiger partial charge in [-0.05, 0) is 37.3 Å². The number of non-ortho nitro benzene ring substituents is 1. The van der Waals surface area contributed by atoms with Crippen LogP contribution in [0.2, 0.25) is 5.02 Å². The average molecular weight is 491 g/mol. The van der Waals surface area contributed by atoms with Crippen LogP contribution in [-0.4, -0.2) is 33.0 Å². The zero-order chi connectivity index (χ0) is 23.5. The highest BCUT2D eigenvalue weighted by Crippen LogP contribution is 2.33. The summed E-state index contributed by atoms with van der Waals surface area (Å²) in [6, 6.07) is 3.59. The molecule has 4 rings (SSSR count). The number of aryl methyl sites for hydroxylation is 3. The number of aromatic nitrogens is 2. The zero-order valence-electron chi connectivity index (χ0n) is 17.3. The van der Waals surface area contributed by atoms with Gasteiger partial charge in [-0.25, -0.2) is 4.98 Å². The molecule has 1 aliphatic carbocycles. The fourth-order valence-electron chi connectivity index (χ4n) is 3.68. The first kappa shape index (κ1) is 22.9. The molecule has 0 saturated heterocycles. The number of thiophene rings is 1. The number of rotatable bonds is 7. The van der Waals surface area contributed by atoms with Crippen molar-refractivity contribution in [1.29, 1.82) is 0 Å². The number of nitro groups is 1. The maximum absolute atomic E-state index is 12.9. The van der Waals surface area contributed by atoms with Crippen LogP contribution < -0.4 is 10.9 Å². The van der Waals surface area contributed by atoms with E-state index in [-0.39, 0.29) is 34.9 Å². The summed E-state index contributed by atoms with van der Waals surface area (Å²) in [5.41, 5.74) is 0.860. The highest BCUT2D eigenvalue weighted by atomic mass is 35.5. The van der Waals surface area contributed by atoms with Crippen LogP contribution in [0.15, 0.2) is 29.3 Å². The third kappa shape index (κ3) is 5.04. The van der Waals surface area contributed by atoms with E-state index in [1.54, 1.807) is 11.3 Å². The third-order valence-corrected chi connectivity index (χ3v) is 6.81. The lowest BCUT2D eigenvalue weighted by molar-refractivity contribution is -0.384. The van der Waals surface area contributed by atoms with Crippen molar-refractivity contribution >= 4 is 56.4 Å². The average Bonchev–Trinajstić information content (AvgIpc) is 3.18. The first-order valence-corrected chi connectivity index (χ1v) is 11.4. The Morgan fingerprint density at radius 2 is 2.09 bits per heavy atom. The van der Waals surface area contributed by atoms with Gasteiger partial charge in [0.05, 0.1) is 33.8 Å². The molecule has 0 saturated carbocycles. The molecular formula is C21H19ClN4O6S. The molecule has 2 heterocycles. The molecule has 1 amide bonds. The van der Waals surface area contributed by atoms with Gasteiger partial charge in [-0.15, -0.1) is 11.3 Å². The normalized spacial score (nSPS) is 12.9. The SMILES string of the molecule is O=C(COC(=O)CCn1cnc2sc3c(c2c1=O)CCCC3)Nc1ccc([N+](=O)[O-])cc1Cl. The summed E-state index contributed by atoms with van der Waals surface area (Å²) in [5, 5.41) is 13.8. The minimum atomic E-state index is -0.653. The minimum absolute atomic E-state index is 0.0123. The van der Waals surface area contributed by atoms with Crippen molar-refractivity contribution in [2.75, 3.05) is 11.9 Å². The zero-order valence-corrected chi connectivity index (χ0v) is 18.9. The Labute approximate surface area is 196 Å². The van der Waals surface area contributed by atoms with E-state index in [4.69, 9.17) is 16.3 Å². The van der Waals surface area contributed by atoms with Crippen LogP contribution in [0.4, 0.5) is 11.4 Å². The summed E-state index contributed by atoms with van der Waals surface area (Å²) in [6.07, 6.45) is 5.33. The number of amides is 1. The molecule has 1 aliphatic rings. The molecule has 3 aromatic rings. The van der Waals surface area contributed by atoms with Crippen LogP contribution in [0.25, 0.3) is 10.2 Å². The second kappa shape index (κ2) is 9.67. The van der Waals surface area contributed by atoms with Gasteiger partial charge in [0.25, 0.3) is 17.2 Å². The van der Waals surface area contributed by atoms with E-state index in [1.165, 1.54) is 27.9 Å². The van der Waals surface area contributed by atoms with E-state index < -0.39 is 23.4 Å². The first-order valence-electron chi connectivity index (χ1n) is 10.2. The molecule has 2 aromatic heterocycles. The van der Waals surface area contributed by atoms with E-state index in [9.17, 15) is 24.5 Å². The summed E-state index contributed by atoms with van der Waals surface area (Å²) >= 11 is 7.48. The summed E-state index contributed by atoms with van der Waals surface area (Å²) in [6.45, 7) is -0.475. The lowest BCUT2D eigenvalue weighted by atomic mass is 9.97. The van der Waals surface area contributed by atoms with Gasteiger partial charge in [0.15, 0.2) is 6.61 Å². The molecule has 10 nitrogen and oxygen atoms in total. The van der Waals surface area contributed by atoms with Crippen molar-refractivity contribution in [3.05, 3.63) is 60.5 Å². The highest BCUT2D eigenvalue weighted by molar-refractivity contribution is 7.18. The van der Waals surface area contributed by atoms with Crippen molar-refractivity contribution in [2.45, 2.75) is 38.6 Å². The summed E-state index contributed by atoms with van der Waals surface area (Å²) < 4.78 is 6.36. The Morgan fingerprint density at radius 1 is 1.30 bits per heavy atom.